The Morgan fingerprint density at radius 2 is 2.00 bits per heavy atom. The summed E-state index contributed by atoms with van der Waals surface area (Å²) in [7, 11) is 0. The van der Waals surface area contributed by atoms with Gasteiger partial charge in [0.2, 0.25) is 0 Å². The number of aryl methyl sites for hydroxylation is 2. The van der Waals surface area contributed by atoms with E-state index in [-0.39, 0.29) is 11.0 Å². The number of halogens is 1. The number of nitrogens with zero attached hydrogens (tertiary/aromatic N) is 3. The Bertz CT molecular complexity index is 728. The molecule has 0 spiro atoms. The van der Waals surface area contributed by atoms with Crippen molar-refractivity contribution in [1.29, 1.82) is 5.26 Å². The van der Waals surface area contributed by atoms with Crippen LogP contribution in [0.4, 0.5) is 0 Å². The fraction of sp³-hybridized carbons (Fsp3) is 0.182. The molecule has 1 aromatic carbocycles. The molecule has 0 radical (unpaired) electrons. The van der Waals surface area contributed by atoms with E-state index in [2.05, 4.69) is 0 Å². The smallest absolute Gasteiger partial charge is 0.374 e. The number of nitriles is 1. The van der Waals surface area contributed by atoms with Gasteiger partial charge in [0, 0.05) is 11.0 Å². The van der Waals surface area contributed by atoms with Crippen molar-refractivity contribution in [3.05, 3.63) is 44.2 Å². The molecule has 86 valence electrons. The molecular weight excluding hydrogens is 242 g/mol. The molecule has 2 aromatic rings. The summed E-state index contributed by atoms with van der Waals surface area (Å²) in [6.45, 7) is 3.65. The molecule has 0 bridgehead atoms. The average molecular weight is 250 g/mol. The van der Waals surface area contributed by atoms with Gasteiger partial charge in [-0.3, -0.25) is 0 Å². The summed E-state index contributed by atoms with van der Waals surface area (Å²) in [5.41, 5.74) is 1.66. The maximum atomic E-state index is 11.9. The Balaban J connectivity index is 3.11. The maximum Gasteiger partial charge on any atom is 0.374 e. The number of benzene rings is 1. The molecule has 0 N–H and O–H groups in total. The van der Waals surface area contributed by atoms with Crippen LogP contribution in [0.5, 0.6) is 0 Å². The summed E-state index contributed by atoms with van der Waals surface area (Å²) in [6, 6.07) is 4.78. The fourth-order valence-electron chi connectivity index (χ4n) is 1.61. The largest absolute Gasteiger partial charge is 0.804 e. The Kier molecular flexibility index (Phi) is 2.52. The molecule has 0 aliphatic rings. The summed E-state index contributed by atoms with van der Waals surface area (Å²) < 4.78 is 0.786. The van der Waals surface area contributed by atoms with Gasteiger partial charge in [-0.05, 0) is 31.0 Å². The van der Waals surface area contributed by atoms with Crippen molar-refractivity contribution in [2.75, 3.05) is 0 Å². The van der Waals surface area contributed by atoms with E-state index in [1.54, 1.807) is 18.2 Å². The predicted molar refractivity (Wildman–Crippen MR) is 63.3 cm³/mol. The highest BCUT2D eigenvalue weighted by Crippen LogP contribution is 2.21. The van der Waals surface area contributed by atoms with Gasteiger partial charge in [0.05, 0.1) is 4.43 Å². The number of fused-ring (bicyclic) bond motifs is 1. The monoisotopic (exact) mass is 249 g/mol. The minimum Gasteiger partial charge on any atom is -0.804 e. The first-order valence-corrected chi connectivity index (χ1v) is 5.20. The number of hydrogen-bond acceptors (Lipinski definition) is 3. The highest BCUT2D eigenvalue weighted by Gasteiger charge is 2.21. The standard InChI is InChI=1S/C11H8ClN3O2/c1-6-3-8-9(4-7(6)2)15(17)11(12)10(5-13)14(8)16/h3-4H,1-2H3. The van der Waals surface area contributed by atoms with Crippen LogP contribution in [0.15, 0.2) is 12.1 Å². The van der Waals surface area contributed by atoms with E-state index >= 15 is 0 Å². The second-order valence-electron chi connectivity index (χ2n) is 3.77. The molecular formula is C11H8ClN3O2. The second kappa shape index (κ2) is 3.75. The van der Waals surface area contributed by atoms with E-state index in [0.717, 1.165) is 11.1 Å². The van der Waals surface area contributed by atoms with E-state index in [1.807, 2.05) is 13.8 Å². The molecule has 1 aromatic heterocycles. The van der Waals surface area contributed by atoms with Gasteiger partial charge < -0.3 is 9.94 Å². The van der Waals surface area contributed by atoms with Gasteiger partial charge in [-0.15, -0.1) is 0 Å². The molecule has 17 heavy (non-hydrogen) atoms. The van der Waals surface area contributed by atoms with Crippen molar-refractivity contribution in [3.63, 3.8) is 0 Å². The lowest BCUT2D eigenvalue weighted by Gasteiger charge is -2.14. The van der Waals surface area contributed by atoms with Crippen LogP contribution in [0.1, 0.15) is 16.8 Å². The number of rotatable bonds is 0. The van der Waals surface area contributed by atoms with Gasteiger partial charge in [0.1, 0.15) is 5.52 Å². The van der Waals surface area contributed by atoms with Crippen molar-refractivity contribution < 1.29 is 4.43 Å². The summed E-state index contributed by atoms with van der Waals surface area (Å²) >= 11 is 5.68. The van der Waals surface area contributed by atoms with Crippen LogP contribution < -0.4 is 4.43 Å². The summed E-state index contributed by atoms with van der Waals surface area (Å²) in [5.74, 6) is 0. The van der Waals surface area contributed by atoms with E-state index in [1.165, 1.54) is 0 Å². The van der Waals surface area contributed by atoms with Crippen molar-refractivity contribution in [1.82, 2.24) is 4.73 Å². The van der Waals surface area contributed by atoms with Gasteiger partial charge >= 0.3 is 5.69 Å². The molecule has 0 amide bonds. The first-order chi connectivity index (χ1) is 7.97. The third-order valence-electron chi connectivity index (χ3n) is 2.71. The normalized spacial score (nSPS) is 10.5. The van der Waals surface area contributed by atoms with Gasteiger partial charge in [-0.1, -0.05) is 11.6 Å². The summed E-state index contributed by atoms with van der Waals surface area (Å²) in [4.78, 5) is 11.9. The fourth-order valence-corrected chi connectivity index (χ4v) is 1.82. The highest BCUT2D eigenvalue weighted by atomic mass is 35.5. The molecule has 0 saturated heterocycles. The van der Waals surface area contributed by atoms with Crippen LogP contribution in [0.3, 0.4) is 0 Å². The average Bonchev–Trinajstić information content (AvgIpc) is 2.30. The van der Waals surface area contributed by atoms with E-state index in [0.29, 0.717) is 9.16 Å². The quantitative estimate of drug-likeness (QED) is 0.671. The molecule has 0 atom stereocenters. The minimum atomic E-state index is -0.404. The molecule has 0 aliphatic heterocycles. The number of aromatic nitrogens is 2. The molecule has 6 heteroatoms. The van der Waals surface area contributed by atoms with Crippen LogP contribution in [0.2, 0.25) is 5.15 Å². The molecule has 5 nitrogen and oxygen atoms in total. The van der Waals surface area contributed by atoms with Crippen molar-refractivity contribution in [2.24, 2.45) is 0 Å². The van der Waals surface area contributed by atoms with Gasteiger partial charge in [-0.2, -0.15) is 5.26 Å². The number of hydrogen-bond donors (Lipinski definition) is 0. The van der Waals surface area contributed by atoms with E-state index in [9.17, 15) is 10.1 Å². The van der Waals surface area contributed by atoms with Gasteiger partial charge in [-0.25, -0.2) is 0 Å². The Hall–Kier alpha value is -2.06. The van der Waals surface area contributed by atoms with Gasteiger partial charge in [0.15, 0.2) is 11.2 Å². The van der Waals surface area contributed by atoms with Crippen molar-refractivity contribution >= 4 is 22.6 Å². The lowest BCUT2D eigenvalue weighted by molar-refractivity contribution is -0.468. The van der Waals surface area contributed by atoms with Crippen LogP contribution in [-0.2, 0) is 0 Å². The topological polar surface area (TPSA) is 74.8 Å². The zero-order chi connectivity index (χ0) is 12.7. The van der Waals surface area contributed by atoms with Crippen LogP contribution in [0.25, 0.3) is 11.0 Å². The molecule has 0 saturated carbocycles. The van der Waals surface area contributed by atoms with Gasteiger partial charge in [0.25, 0.3) is 5.52 Å². The van der Waals surface area contributed by atoms with Crippen LogP contribution in [0, 0.1) is 35.3 Å². The van der Waals surface area contributed by atoms with Crippen molar-refractivity contribution in [2.45, 2.75) is 13.8 Å². The summed E-state index contributed by atoms with van der Waals surface area (Å²) in [6.07, 6.45) is 0. The zero-order valence-corrected chi connectivity index (χ0v) is 9.95. The zero-order valence-electron chi connectivity index (χ0n) is 9.19. The molecule has 0 unspecified atom stereocenters. The predicted octanol–water partition coefficient (Wildman–Crippen LogP) is 2.04. The maximum absolute atomic E-state index is 11.9. The lowest BCUT2D eigenvalue weighted by atomic mass is 10.1. The SMILES string of the molecule is Cc1cc2c(cc1C)[n+](=O)c(C#N)c(Cl)n2[O-]. The van der Waals surface area contributed by atoms with E-state index < -0.39 is 10.8 Å². The summed E-state index contributed by atoms with van der Waals surface area (Å²) in [5, 5.41) is 20.2. The minimum absolute atomic E-state index is 0.143. The van der Waals surface area contributed by atoms with Crippen LogP contribution in [-0.4, -0.2) is 4.73 Å². The first-order valence-electron chi connectivity index (χ1n) is 4.83. The molecule has 0 aliphatic carbocycles. The highest BCUT2D eigenvalue weighted by molar-refractivity contribution is 6.30. The van der Waals surface area contributed by atoms with Crippen molar-refractivity contribution in [3.8, 4) is 6.07 Å². The Morgan fingerprint density at radius 1 is 1.41 bits per heavy atom. The lowest BCUT2D eigenvalue weighted by Crippen LogP contribution is -2.24. The Labute approximate surface area is 102 Å². The second-order valence-corrected chi connectivity index (χ2v) is 4.12. The third kappa shape index (κ3) is 1.54. The molecule has 2 rings (SSSR count). The van der Waals surface area contributed by atoms with Crippen LogP contribution >= 0.6 is 11.6 Å². The van der Waals surface area contributed by atoms with E-state index in [4.69, 9.17) is 16.9 Å². The first kappa shape index (κ1) is 11.4. The Morgan fingerprint density at radius 3 is 2.59 bits per heavy atom. The third-order valence-corrected chi connectivity index (χ3v) is 3.04. The molecule has 1 heterocycles. The molecule has 0 fully saturated rings.